The van der Waals surface area contributed by atoms with Gasteiger partial charge < -0.3 is 9.64 Å². The van der Waals surface area contributed by atoms with Gasteiger partial charge in [-0.2, -0.15) is 0 Å². The molecule has 0 amide bonds. The summed E-state index contributed by atoms with van der Waals surface area (Å²) in [5.41, 5.74) is 3.49. The first-order valence-electron chi connectivity index (χ1n) is 11.5. The maximum atomic E-state index is 12.6. The van der Waals surface area contributed by atoms with Gasteiger partial charge in [0.1, 0.15) is 0 Å². The van der Waals surface area contributed by atoms with E-state index in [1.807, 2.05) is 12.1 Å². The summed E-state index contributed by atoms with van der Waals surface area (Å²) in [6.45, 7) is 6.58. The van der Waals surface area contributed by atoms with Crippen molar-refractivity contribution in [2.45, 2.75) is 50.0 Å². The van der Waals surface area contributed by atoms with Crippen molar-refractivity contribution in [2.24, 2.45) is 5.92 Å². The Bertz CT molecular complexity index is 936. The quantitative estimate of drug-likeness (QED) is 0.669. The third-order valence-electron chi connectivity index (χ3n) is 6.73. The normalized spacial score (nSPS) is 20.9. The van der Waals surface area contributed by atoms with Crippen molar-refractivity contribution in [3.8, 4) is 11.1 Å². The molecule has 6 heteroatoms. The van der Waals surface area contributed by atoms with Crippen molar-refractivity contribution >= 4 is 10.0 Å². The van der Waals surface area contributed by atoms with Crippen molar-refractivity contribution < 1.29 is 13.2 Å². The lowest BCUT2D eigenvalue weighted by Crippen LogP contribution is -2.32. The standard InChI is InChI=1S/C25H34N2O3S/c1-20-3-2-15-27(20)16-12-21-4-6-23(7-5-21)24-8-10-25(11-9-24)31(28,29)26-19-22-13-17-30-18-14-22/h4-11,20,22,26H,2-3,12-19H2,1H3/t20-/m1/s1. The fourth-order valence-electron chi connectivity index (χ4n) is 4.55. The van der Waals surface area contributed by atoms with Gasteiger partial charge in [0.2, 0.25) is 10.0 Å². The molecule has 0 unspecified atom stereocenters. The van der Waals surface area contributed by atoms with Gasteiger partial charge in [-0.05, 0) is 80.3 Å². The molecule has 2 aromatic carbocycles. The topological polar surface area (TPSA) is 58.6 Å². The molecule has 2 aliphatic heterocycles. The molecule has 0 aromatic heterocycles. The predicted molar refractivity (Wildman–Crippen MR) is 125 cm³/mol. The first-order chi connectivity index (χ1) is 15.0. The number of rotatable bonds is 8. The van der Waals surface area contributed by atoms with Gasteiger partial charge in [0.05, 0.1) is 4.90 Å². The van der Waals surface area contributed by atoms with Gasteiger partial charge in [-0.25, -0.2) is 13.1 Å². The molecule has 168 valence electrons. The van der Waals surface area contributed by atoms with E-state index in [0.717, 1.165) is 50.1 Å². The summed E-state index contributed by atoms with van der Waals surface area (Å²) in [5.74, 6) is 0.356. The molecule has 0 spiro atoms. The van der Waals surface area contributed by atoms with E-state index in [-0.39, 0.29) is 0 Å². The number of benzene rings is 2. The van der Waals surface area contributed by atoms with Crippen LogP contribution in [0.4, 0.5) is 0 Å². The number of nitrogens with one attached hydrogen (secondary N) is 1. The third kappa shape index (κ3) is 5.95. The molecule has 0 aliphatic carbocycles. The molecule has 1 atom stereocenters. The van der Waals surface area contributed by atoms with E-state index in [1.165, 1.54) is 24.9 Å². The Morgan fingerprint density at radius 3 is 2.23 bits per heavy atom. The van der Waals surface area contributed by atoms with Crippen molar-refractivity contribution in [1.29, 1.82) is 0 Å². The molecule has 2 heterocycles. The van der Waals surface area contributed by atoms with Gasteiger partial charge in [0, 0.05) is 32.3 Å². The van der Waals surface area contributed by atoms with E-state index in [0.29, 0.717) is 23.4 Å². The molecule has 4 rings (SSSR count). The molecule has 2 aromatic rings. The number of sulfonamides is 1. The Balaban J connectivity index is 1.33. The summed E-state index contributed by atoms with van der Waals surface area (Å²) >= 11 is 0. The number of ether oxygens (including phenoxy) is 1. The SMILES string of the molecule is C[C@@H]1CCCN1CCc1ccc(-c2ccc(S(=O)(=O)NCC3CCOCC3)cc2)cc1. The maximum absolute atomic E-state index is 12.6. The summed E-state index contributed by atoms with van der Waals surface area (Å²) in [6.07, 6.45) is 5.52. The number of hydrogen-bond donors (Lipinski definition) is 1. The van der Waals surface area contributed by atoms with Gasteiger partial charge in [0.15, 0.2) is 0 Å². The van der Waals surface area contributed by atoms with E-state index < -0.39 is 10.0 Å². The van der Waals surface area contributed by atoms with Crippen molar-refractivity contribution in [2.75, 3.05) is 32.8 Å². The molecule has 0 radical (unpaired) electrons. The highest BCUT2D eigenvalue weighted by molar-refractivity contribution is 7.89. The second-order valence-corrected chi connectivity index (χ2v) is 10.7. The summed E-state index contributed by atoms with van der Waals surface area (Å²) in [6, 6.07) is 16.5. The monoisotopic (exact) mass is 442 g/mol. The lowest BCUT2D eigenvalue weighted by molar-refractivity contribution is 0.0678. The van der Waals surface area contributed by atoms with Crippen LogP contribution in [0.2, 0.25) is 0 Å². The molecule has 31 heavy (non-hydrogen) atoms. The largest absolute Gasteiger partial charge is 0.381 e. The minimum absolute atomic E-state index is 0.319. The van der Waals surface area contributed by atoms with E-state index in [2.05, 4.69) is 40.8 Å². The first-order valence-corrected chi connectivity index (χ1v) is 13.0. The maximum Gasteiger partial charge on any atom is 0.240 e. The van der Waals surface area contributed by atoms with Crippen LogP contribution in [-0.2, 0) is 21.2 Å². The molecule has 2 aliphatic rings. The van der Waals surface area contributed by atoms with E-state index in [1.54, 1.807) is 12.1 Å². The fraction of sp³-hybridized carbons (Fsp3) is 0.520. The lowest BCUT2D eigenvalue weighted by Gasteiger charge is -2.22. The van der Waals surface area contributed by atoms with Gasteiger partial charge in [0.25, 0.3) is 0 Å². The molecule has 2 saturated heterocycles. The zero-order valence-corrected chi connectivity index (χ0v) is 19.2. The van der Waals surface area contributed by atoms with Crippen LogP contribution < -0.4 is 4.72 Å². The van der Waals surface area contributed by atoms with E-state index >= 15 is 0 Å². The molecular formula is C25H34N2O3S. The van der Waals surface area contributed by atoms with Gasteiger partial charge in [-0.15, -0.1) is 0 Å². The predicted octanol–water partition coefficient (Wildman–Crippen LogP) is 4.09. The zero-order chi connectivity index (χ0) is 21.7. The van der Waals surface area contributed by atoms with Crippen LogP contribution in [0, 0.1) is 5.92 Å². The highest BCUT2D eigenvalue weighted by Crippen LogP contribution is 2.23. The Hall–Kier alpha value is -1.73. The molecule has 1 N–H and O–H groups in total. The highest BCUT2D eigenvalue weighted by Gasteiger charge is 2.20. The van der Waals surface area contributed by atoms with Gasteiger partial charge in [-0.1, -0.05) is 36.4 Å². The van der Waals surface area contributed by atoms with Crippen molar-refractivity contribution in [3.05, 3.63) is 54.1 Å². The number of nitrogens with zero attached hydrogens (tertiary/aromatic N) is 1. The number of hydrogen-bond acceptors (Lipinski definition) is 4. The Labute approximate surface area is 186 Å². The molecular weight excluding hydrogens is 408 g/mol. The molecule has 0 saturated carbocycles. The van der Waals surface area contributed by atoms with Crippen molar-refractivity contribution in [3.63, 3.8) is 0 Å². The summed E-state index contributed by atoms with van der Waals surface area (Å²) in [5, 5.41) is 0. The second-order valence-electron chi connectivity index (χ2n) is 8.91. The summed E-state index contributed by atoms with van der Waals surface area (Å²) in [4.78, 5) is 2.89. The van der Waals surface area contributed by atoms with Gasteiger partial charge in [-0.3, -0.25) is 0 Å². The molecule has 5 nitrogen and oxygen atoms in total. The van der Waals surface area contributed by atoms with E-state index in [9.17, 15) is 8.42 Å². The first kappa shape index (κ1) is 22.5. The zero-order valence-electron chi connectivity index (χ0n) is 18.4. The van der Waals surface area contributed by atoms with Crippen molar-refractivity contribution in [1.82, 2.24) is 9.62 Å². The van der Waals surface area contributed by atoms with Crippen LogP contribution >= 0.6 is 0 Å². The Kier molecular flexibility index (Phi) is 7.43. The summed E-state index contributed by atoms with van der Waals surface area (Å²) < 4.78 is 33.4. The summed E-state index contributed by atoms with van der Waals surface area (Å²) in [7, 11) is -3.48. The van der Waals surface area contributed by atoms with Crippen LogP contribution in [-0.4, -0.2) is 52.2 Å². The second kappa shape index (κ2) is 10.3. The Morgan fingerprint density at radius 1 is 0.968 bits per heavy atom. The molecule has 0 bridgehead atoms. The van der Waals surface area contributed by atoms with Crippen LogP contribution in [0.5, 0.6) is 0 Å². The average Bonchev–Trinajstić information content (AvgIpc) is 3.22. The average molecular weight is 443 g/mol. The third-order valence-corrected chi connectivity index (χ3v) is 8.17. The van der Waals surface area contributed by atoms with Crippen LogP contribution in [0.15, 0.2) is 53.4 Å². The highest BCUT2D eigenvalue weighted by atomic mass is 32.2. The van der Waals surface area contributed by atoms with Gasteiger partial charge >= 0.3 is 0 Å². The Morgan fingerprint density at radius 2 is 1.61 bits per heavy atom. The number of likely N-dealkylation sites (tertiary alicyclic amines) is 1. The minimum atomic E-state index is -3.48. The van der Waals surface area contributed by atoms with Crippen LogP contribution in [0.3, 0.4) is 0 Å². The van der Waals surface area contributed by atoms with E-state index in [4.69, 9.17) is 4.74 Å². The van der Waals surface area contributed by atoms with Crippen LogP contribution in [0.25, 0.3) is 11.1 Å². The smallest absolute Gasteiger partial charge is 0.240 e. The van der Waals surface area contributed by atoms with Crippen LogP contribution in [0.1, 0.15) is 38.2 Å². The minimum Gasteiger partial charge on any atom is -0.381 e. The lowest BCUT2D eigenvalue weighted by atomic mass is 10.0. The fourth-order valence-corrected chi connectivity index (χ4v) is 5.67. The molecule has 2 fully saturated rings.